The maximum atomic E-state index is 14.1. The molecule has 0 fully saturated rings. The predicted molar refractivity (Wildman–Crippen MR) is 61.9 cm³/mol. The van der Waals surface area contributed by atoms with Gasteiger partial charge in [-0.15, -0.1) is 0 Å². The highest BCUT2D eigenvalue weighted by atomic mass is 32.2. The van der Waals surface area contributed by atoms with Gasteiger partial charge in [0, 0.05) is 12.3 Å². The van der Waals surface area contributed by atoms with E-state index in [9.17, 15) is 22.0 Å². The molecule has 9 heteroatoms. The largest absolute Gasteiger partial charge is 0.475 e. The summed E-state index contributed by atoms with van der Waals surface area (Å²) in [5.74, 6) is -4.52. The van der Waals surface area contributed by atoms with Crippen LogP contribution in [0, 0.1) is 11.6 Å². The Bertz CT molecular complexity index is 797. The van der Waals surface area contributed by atoms with Gasteiger partial charge in [-0.25, -0.2) is 22.0 Å². The molecule has 0 spiro atoms. The number of rotatable bonds is 3. The van der Waals surface area contributed by atoms with Crippen LogP contribution in [0.4, 0.5) is 8.78 Å². The summed E-state index contributed by atoms with van der Waals surface area (Å²) in [4.78, 5) is 9.91. The van der Waals surface area contributed by atoms with Crippen molar-refractivity contribution < 1.29 is 31.6 Å². The average Bonchev–Trinajstić information content (AvgIpc) is 2.76. The number of carbonyl (C=O) groups is 1. The SMILES string of the molecule is CS(=O)(=O)c1ccc(F)c(-c2cc(C(=O)O)on2)c1F. The normalized spacial score (nSPS) is 11.6. The third-order valence-corrected chi connectivity index (χ3v) is 3.55. The molecule has 1 aromatic carbocycles. The number of carboxylic acids is 1. The molecule has 0 aliphatic rings. The third-order valence-electron chi connectivity index (χ3n) is 2.43. The highest BCUT2D eigenvalue weighted by Crippen LogP contribution is 2.29. The number of nitrogens with zero attached hydrogens (tertiary/aromatic N) is 1. The molecule has 106 valence electrons. The summed E-state index contributed by atoms with van der Waals surface area (Å²) in [7, 11) is -3.91. The lowest BCUT2D eigenvalue weighted by molar-refractivity contribution is 0.0652. The Kier molecular flexibility index (Phi) is 3.30. The van der Waals surface area contributed by atoms with Gasteiger partial charge in [-0.3, -0.25) is 0 Å². The number of sulfone groups is 1. The molecule has 0 radical (unpaired) electrons. The van der Waals surface area contributed by atoms with Crippen LogP contribution in [0.25, 0.3) is 11.3 Å². The first kappa shape index (κ1) is 14.1. The summed E-state index contributed by atoms with van der Waals surface area (Å²) in [6, 6.07) is 2.33. The van der Waals surface area contributed by atoms with Crippen LogP contribution < -0.4 is 0 Å². The lowest BCUT2D eigenvalue weighted by atomic mass is 10.1. The number of carboxylic acid groups (broad SMARTS) is 1. The molecule has 0 bridgehead atoms. The topological polar surface area (TPSA) is 97.5 Å². The van der Waals surface area contributed by atoms with Crippen molar-refractivity contribution in [1.82, 2.24) is 5.16 Å². The molecule has 1 N–H and O–H groups in total. The highest BCUT2D eigenvalue weighted by molar-refractivity contribution is 7.90. The van der Waals surface area contributed by atoms with Crippen molar-refractivity contribution in [2.24, 2.45) is 0 Å². The first-order chi connectivity index (χ1) is 9.21. The van der Waals surface area contributed by atoms with Crippen molar-refractivity contribution >= 4 is 15.8 Å². The second kappa shape index (κ2) is 4.67. The number of halogens is 2. The van der Waals surface area contributed by atoms with Crippen LogP contribution >= 0.6 is 0 Å². The molecule has 0 aliphatic carbocycles. The molecule has 0 saturated carbocycles. The van der Waals surface area contributed by atoms with Crippen LogP contribution in [0.3, 0.4) is 0 Å². The smallest absolute Gasteiger partial charge is 0.374 e. The summed E-state index contributed by atoms with van der Waals surface area (Å²) in [6.07, 6.45) is 0.762. The average molecular weight is 303 g/mol. The maximum absolute atomic E-state index is 14.1. The highest BCUT2D eigenvalue weighted by Gasteiger charge is 2.24. The molecule has 0 atom stereocenters. The molecule has 0 aliphatic heterocycles. The van der Waals surface area contributed by atoms with Gasteiger partial charge in [-0.05, 0) is 12.1 Å². The fraction of sp³-hybridized carbons (Fsp3) is 0.0909. The van der Waals surface area contributed by atoms with Gasteiger partial charge in [-0.1, -0.05) is 5.16 Å². The quantitative estimate of drug-likeness (QED) is 0.867. The number of aromatic nitrogens is 1. The van der Waals surface area contributed by atoms with E-state index in [1.54, 1.807) is 0 Å². The Labute approximate surface area is 111 Å². The van der Waals surface area contributed by atoms with E-state index >= 15 is 0 Å². The van der Waals surface area contributed by atoms with Crippen molar-refractivity contribution in [1.29, 1.82) is 0 Å². The number of hydrogen-bond donors (Lipinski definition) is 1. The molecule has 20 heavy (non-hydrogen) atoms. The monoisotopic (exact) mass is 303 g/mol. The van der Waals surface area contributed by atoms with Crippen molar-refractivity contribution in [3.05, 3.63) is 35.6 Å². The Hall–Kier alpha value is -2.29. The zero-order valence-corrected chi connectivity index (χ0v) is 10.7. The molecular formula is C11H7F2NO5S. The maximum Gasteiger partial charge on any atom is 0.374 e. The molecule has 0 saturated heterocycles. The molecule has 2 aromatic rings. The predicted octanol–water partition coefficient (Wildman–Crippen LogP) is 1.72. The Morgan fingerprint density at radius 1 is 1.35 bits per heavy atom. The lowest BCUT2D eigenvalue weighted by Crippen LogP contribution is -2.04. The van der Waals surface area contributed by atoms with Crippen molar-refractivity contribution in [3.8, 4) is 11.3 Å². The minimum absolute atomic E-state index is 0.442. The number of benzene rings is 1. The molecule has 1 aromatic heterocycles. The van der Waals surface area contributed by atoms with Crippen LogP contribution in [0.5, 0.6) is 0 Å². The fourth-order valence-electron chi connectivity index (χ4n) is 1.55. The summed E-state index contributed by atoms with van der Waals surface area (Å²) < 4.78 is 54.8. The van der Waals surface area contributed by atoms with E-state index in [0.717, 1.165) is 24.5 Å². The van der Waals surface area contributed by atoms with E-state index in [0.29, 0.717) is 0 Å². The van der Waals surface area contributed by atoms with Gasteiger partial charge in [0.25, 0.3) is 0 Å². The van der Waals surface area contributed by atoms with E-state index in [2.05, 4.69) is 9.68 Å². The van der Waals surface area contributed by atoms with Gasteiger partial charge in [-0.2, -0.15) is 0 Å². The Morgan fingerprint density at radius 3 is 2.50 bits per heavy atom. The standard InChI is InChI=1S/C11H7F2NO5S/c1-20(17,18)8-3-2-5(12)9(10(8)13)6-4-7(11(15)16)19-14-6/h2-4H,1H3,(H,15,16). The van der Waals surface area contributed by atoms with E-state index in [-0.39, 0.29) is 0 Å². The zero-order valence-electron chi connectivity index (χ0n) is 9.92. The third kappa shape index (κ3) is 2.39. The fourth-order valence-corrected chi connectivity index (χ4v) is 2.29. The van der Waals surface area contributed by atoms with Crippen LogP contribution in [0.2, 0.25) is 0 Å². The van der Waals surface area contributed by atoms with Gasteiger partial charge in [0.1, 0.15) is 16.4 Å². The first-order valence-electron chi connectivity index (χ1n) is 5.10. The van der Waals surface area contributed by atoms with Gasteiger partial charge >= 0.3 is 5.97 Å². The van der Waals surface area contributed by atoms with E-state index in [1.165, 1.54) is 0 Å². The van der Waals surface area contributed by atoms with E-state index in [1.807, 2.05) is 0 Å². The van der Waals surface area contributed by atoms with E-state index in [4.69, 9.17) is 5.11 Å². The summed E-state index contributed by atoms with van der Waals surface area (Å²) in [5, 5.41) is 11.9. The lowest BCUT2D eigenvalue weighted by Gasteiger charge is -2.05. The molecule has 2 rings (SSSR count). The van der Waals surface area contributed by atoms with Crippen LogP contribution in [-0.2, 0) is 9.84 Å². The summed E-state index contributed by atoms with van der Waals surface area (Å²) in [6.45, 7) is 0. The molecular weight excluding hydrogens is 296 g/mol. The van der Waals surface area contributed by atoms with E-state index < -0.39 is 49.4 Å². The van der Waals surface area contributed by atoms with Crippen LogP contribution in [0.1, 0.15) is 10.6 Å². The van der Waals surface area contributed by atoms with Crippen molar-refractivity contribution in [2.75, 3.05) is 6.26 Å². The second-order valence-corrected chi connectivity index (χ2v) is 5.87. The molecule has 1 heterocycles. The Balaban J connectivity index is 2.70. The summed E-state index contributed by atoms with van der Waals surface area (Å²) in [5.41, 5.74) is -1.20. The van der Waals surface area contributed by atoms with Crippen LogP contribution in [0.15, 0.2) is 27.6 Å². The van der Waals surface area contributed by atoms with Gasteiger partial charge in [0.2, 0.25) is 5.76 Å². The zero-order chi connectivity index (χ0) is 15.1. The van der Waals surface area contributed by atoms with Crippen LogP contribution in [-0.4, -0.2) is 30.9 Å². The molecule has 0 amide bonds. The van der Waals surface area contributed by atoms with Gasteiger partial charge < -0.3 is 9.63 Å². The second-order valence-electron chi connectivity index (χ2n) is 3.89. The van der Waals surface area contributed by atoms with Gasteiger partial charge in [0.05, 0.1) is 5.56 Å². The molecule has 0 unspecified atom stereocenters. The number of aromatic carboxylic acids is 1. The first-order valence-corrected chi connectivity index (χ1v) is 6.99. The number of hydrogen-bond acceptors (Lipinski definition) is 5. The minimum atomic E-state index is -3.91. The summed E-state index contributed by atoms with van der Waals surface area (Å²) >= 11 is 0. The molecule has 6 nitrogen and oxygen atoms in total. The minimum Gasteiger partial charge on any atom is -0.475 e. The van der Waals surface area contributed by atoms with Gasteiger partial charge in [0.15, 0.2) is 15.7 Å². The Morgan fingerprint density at radius 2 is 2.00 bits per heavy atom. The van der Waals surface area contributed by atoms with Crippen molar-refractivity contribution in [3.63, 3.8) is 0 Å². The van der Waals surface area contributed by atoms with Crippen molar-refractivity contribution in [2.45, 2.75) is 4.90 Å².